The van der Waals surface area contributed by atoms with E-state index in [1.165, 1.54) is 0 Å². The maximum absolute atomic E-state index is 12.8. The Labute approximate surface area is 110 Å². The molecular weight excluding hydrogens is 248 g/mol. The molecule has 5 rings (SSSR count). The second kappa shape index (κ2) is 3.73. The van der Waals surface area contributed by atoms with E-state index in [0.29, 0.717) is 31.8 Å². The van der Waals surface area contributed by atoms with E-state index < -0.39 is 17.3 Å². The van der Waals surface area contributed by atoms with Crippen molar-refractivity contribution in [1.29, 1.82) is 0 Å². The molecule has 3 unspecified atom stereocenters. The van der Waals surface area contributed by atoms with Crippen LogP contribution >= 0.6 is 0 Å². The molecule has 0 aromatic rings. The number of hydrogen-bond donors (Lipinski definition) is 0. The average Bonchev–Trinajstić information content (AvgIpc) is 2.69. The van der Waals surface area contributed by atoms with Gasteiger partial charge in [-0.05, 0) is 31.6 Å². The predicted molar refractivity (Wildman–Crippen MR) is 61.8 cm³/mol. The summed E-state index contributed by atoms with van der Waals surface area (Å²) in [5, 5.41) is 0. The molecule has 102 valence electrons. The molecular formula is C14H16O5. The molecule has 1 saturated heterocycles. The molecule has 5 aliphatic rings. The van der Waals surface area contributed by atoms with Crippen molar-refractivity contribution >= 4 is 17.3 Å². The van der Waals surface area contributed by atoms with E-state index in [9.17, 15) is 14.4 Å². The topological polar surface area (TPSA) is 69.7 Å². The number of hydrogen-bond acceptors (Lipinski definition) is 5. The molecule has 4 bridgehead atoms. The number of carbonyl (C=O) groups excluding carboxylic acids is 3. The van der Waals surface area contributed by atoms with Crippen LogP contribution in [-0.4, -0.2) is 30.6 Å². The summed E-state index contributed by atoms with van der Waals surface area (Å²) in [6.45, 7) is 0.549. The third kappa shape index (κ3) is 1.30. The first-order chi connectivity index (χ1) is 9.14. The van der Waals surface area contributed by atoms with Crippen molar-refractivity contribution < 1.29 is 24.2 Å². The first-order valence-electron chi connectivity index (χ1n) is 7.01. The van der Waals surface area contributed by atoms with E-state index >= 15 is 0 Å². The minimum Gasteiger partial charge on any atom is -0.298 e. The zero-order chi connectivity index (χ0) is 13.2. The van der Waals surface area contributed by atoms with Gasteiger partial charge in [0.15, 0.2) is 17.3 Å². The third-order valence-corrected chi connectivity index (χ3v) is 5.58. The van der Waals surface area contributed by atoms with Crippen LogP contribution in [0.3, 0.4) is 0 Å². The first-order valence-corrected chi connectivity index (χ1v) is 7.01. The summed E-state index contributed by atoms with van der Waals surface area (Å²) < 4.78 is 0. The molecule has 4 aliphatic carbocycles. The fraction of sp³-hybridized carbons (Fsp3) is 0.786. The van der Waals surface area contributed by atoms with Crippen LogP contribution in [0.25, 0.3) is 0 Å². The molecule has 0 radical (unpaired) electrons. The van der Waals surface area contributed by atoms with Crippen molar-refractivity contribution in [2.24, 2.45) is 29.1 Å². The highest BCUT2D eigenvalue weighted by Gasteiger charge is 2.66. The standard InChI is InChI=1S/C14H16O5/c15-11-9-4-7-3-8-6-19-18-2-1-14(8,12(9)16)13(17)10(11)5-7/h7-10H,1-6H2. The zero-order valence-electron chi connectivity index (χ0n) is 10.6. The minimum absolute atomic E-state index is 0.108. The fourth-order valence-electron chi connectivity index (χ4n) is 4.70. The molecule has 4 saturated carbocycles. The molecule has 5 fully saturated rings. The second-order valence-electron chi connectivity index (χ2n) is 6.33. The van der Waals surface area contributed by atoms with Crippen LogP contribution in [0, 0.1) is 29.1 Å². The molecule has 0 N–H and O–H groups in total. The lowest BCUT2D eigenvalue weighted by molar-refractivity contribution is -0.293. The average molecular weight is 264 g/mol. The molecule has 19 heavy (non-hydrogen) atoms. The fourth-order valence-corrected chi connectivity index (χ4v) is 4.70. The maximum atomic E-state index is 12.8. The van der Waals surface area contributed by atoms with Crippen molar-refractivity contribution in [1.82, 2.24) is 0 Å². The molecule has 3 atom stereocenters. The van der Waals surface area contributed by atoms with Crippen molar-refractivity contribution in [3.8, 4) is 0 Å². The Hall–Kier alpha value is -1.07. The Bertz CT molecular complexity index is 454. The molecule has 0 aromatic carbocycles. The third-order valence-electron chi connectivity index (χ3n) is 5.58. The van der Waals surface area contributed by atoms with Gasteiger partial charge >= 0.3 is 0 Å². The maximum Gasteiger partial charge on any atom is 0.157 e. The summed E-state index contributed by atoms with van der Waals surface area (Å²) in [6, 6.07) is 0. The van der Waals surface area contributed by atoms with E-state index in [1.54, 1.807) is 0 Å². The van der Waals surface area contributed by atoms with Crippen molar-refractivity contribution in [2.45, 2.75) is 25.7 Å². The van der Waals surface area contributed by atoms with Gasteiger partial charge in [-0.2, -0.15) is 0 Å². The van der Waals surface area contributed by atoms with Crippen LogP contribution in [0.2, 0.25) is 0 Å². The first kappa shape index (κ1) is 11.7. The normalized spacial score (nSPS) is 48.9. The van der Waals surface area contributed by atoms with Gasteiger partial charge in [-0.25, -0.2) is 9.78 Å². The molecule has 0 aromatic heterocycles. The van der Waals surface area contributed by atoms with Gasteiger partial charge in [0.25, 0.3) is 0 Å². The van der Waals surface area contributed by atoms with Crippen LogP contribution in [0.1, 0.15) is 25.7 Å². The molecule has 5 heteroatoms. The minimum atomic E-state index is -0.995. The van der Waals surface area contributed by atoms with Gasteiger partial charge in [0.05, 0.1) is 30.5 Å². The summed E-state index contributed by atoms with van der Waals surface area (Å²) >= 11 is 0. The van der Waals surface area contributed by atoms with Crippen LogP contribution < -0.4 is 0 Å². The van der Waals surface area contributed by atoms with E-state index in [4.69, 9.17) is 9.78 Å². The van der Waals surface area contributed by atoms with E-state index in [-0.39, 0.29) is 29.9 Å². The van der Waals surface area contributed by atoms with E-state index in [1.807, 2.05) is 0 Å². The van der Waals surface area contributed by atoms with Gasteiger partial charge in [0, 0.05) is 5.92 Å². The Morgan fingerprint density at radius 1 is 0.947 bits per heavy atom. The number of Topliss-reactive ketones (excluding diaryl/α,β-unsaturated/α-hetero) is 3. The van der Waals surface area contributed by atoms with Gasteiger partial charge in [0.2, 0.25) is 0 Å². The van der Waals surface area contributed by atoms with Crippen molar-refractivity contribution in [3.63, 3.8) is 0 Å². The summed E-state index contributed by atoms with van der Waals surface area (Å²) in [6.07, 6.45) is 2.46. The second-order valence-corrected chi connectivity index (χ2v) is 6.33. The van der Waals surface area contributed by atoms with Gasteiger partial charge in [0.1, 0.15) is 0 Å². The summed E-state index contributed by atoms with van der Waals surface area (Å²) in [5.41, 5.74) is -0.995. The van der Waals surface area contributed by atoms with Crippen LogP contribution in [0.4, 0.5) is 0 Å². The monoisotopic (exact) mass is 264 g/mol. The van der Waals surface area contributed by atoms with Gasteiger partial charge in [-0.3, -0.25) is 14.4 Å². The van der Waals surface area contributed by atoms with E-state index in [2.05, 4.69) is 0 Å². The summed E-state index contributed by atoms with van der Waals surface area (Å²) in [5.74, 6) is -1.28. The van der Waals surface area contributed by atoms with Gasteiger partial charge in [-0.15, -0.1) is 0 Å². The van der Waals surface area contributed by atoms with Crippen LogP contribution in [-0.2, 0) is 24.2 Å². The quantitative estimate of drug-likeness (QED) is 0.476. The Balaban J connectivity index is 1.90. The van der Waals surface area contributed by atoms with Gasteiger partial charge < -0.3 is 0 Å². The zero-order valence-corrected chi connectivity index (χ0v) is 10.6. The van der Waals surface area contributed by atoms with E-state index in [0.717, 1.165) is 6.42 Å². The highest BCUT2D eigenvalue weighted by molar-refractivity contribution is 6.27. The summed E-state index contributed by atoms with van der Waals surface area (Å²) in [4.78, 5) is 47.8. The lowest BCUT2D eigenvalue weighted by atomic mass is 9.56. The number of carbonyl (C=O) groups is 3. The molecule has 1 aliphatic heterocycles. The molecule has 0 amide bonds. The molecule has 5 nitrogen and oxygen atoms in total. The molecule has 1 heterocycles. The van der Waals surface area contributed by atoms with Gasteiger partial charge in [-0.1, -0.05) is 0 Å². The lowest BCUT2D eigenvalue weighted by Crippen LogP contribution is -2.59. The summed E-state index contributed by atoms with van der Waals surface area (Å²) in [7, 11) is 0. The predicted octanol–water partition coefficient (Wildman–Crippen LogP) is 0.708. The SMILES string of the molecule is O=C1C2CC3CC1C(=O)C1(CCOOCC1C3)C2=O. The Morgan fingerprint density at radius 2 is 1.63 bits per heavy atom. The lowest BCUT2D eigenvalue weighted by Gasteiger charge is -2.42. The largest absolute Gasteiger partial charge is 0.298 e. The highest BCUT2D eigenvalue weighted by atomic mass is 17.2. The number of ketones is 3. The Kier molecular flexibility index (Phi) is 2.30. The number of rotatable bonds is 0. The molecule has 1 spiro atoms. The van der Waals surface area contributed by atoms with Crippen LogP contribution in [0.5, 0.6) is 0 Å². The van der Waals surface area contributed by atoms with Crippen LogP contribution in [0.15, 0.2) is 0 Å². The smallest absolute Gasteiger partial charge is 0.157 e. The highest BCUT2D eigenvalue weighted by Crippen LogP contribution is 2.56. The van der Waals surface area contributed by atoms with Crippen molar-refractivity contribution in [2.75, 3.05) is 13.2 Å². The Morgan fingerprint density at radius 3 is 2.32 bits per heavy atom. The van der Waals surface area contributed by atoms with Crippen molar-refractivity contribution in [3.05, 3.63) is 0 Å².